The molecule has 4 aromatic rings. The molecule has 138 valence electrons. The van der Waals surface area contributed by atoms with Crippen LogP contribution in [0, 0.1) is 5.82 Å². The Labute approximate surface area is 168 Å². The normalized spacial score (nSPS) is 12.4. The van der Waals surface area contributed by atoms with Crippen LogP contribution in [0.3, 0.4) is 0 Å². The summed E-state index contributed by atoms with van der Waals surface area (Å²) >= 11 is 0. The fourth-order valence-electron chi connectivity index (χ4n) is 3.97. The third kappa shape index (κ3) is 3.19. The summed E-state index contributed by atoms with van der Waals surface area (Å²) in [7, 11) is 0. The van der Waals surface area contributed by atoms with E-state index in [2.05, 4.69) is 47.5 Å². The van der Waals surface area contributed by atoms with Crippen LogP contribution in [-0.2, 0) is 0 Å². The monoisotopic (exact) mass is 375 g/mol. The molecule has 0 bridgehead atoms. The summed E-state index contributed by atoms with van der Waals surface area (Å²) in [6, 6.07) is 30.5. The van der Waals surface area contributed by atoms with Crippen LogP contribution in [-0.4, -0.2) is 4.98 Å². The molecule has 1 aromatic heterocycles. The van der Waals surface area contributed by atoms with E-state index in [1.807, 2.05) is 48.5 Å². The van der Waals surface area contributed by atoms with Crippen molar-refractivity contribution in [2.75, 3.05) is 0 Å². The average Bonchev–Trinajstić information content (AvgIpc) is 3.14. The van der Waals surface area contributed by atoms with Crippen molar-refractivity contribution in [3.63, 3.8) is 0 Å². The lowest BCUT2D eigenvalue weighted by molar-refractivity contribution is 0.621. The molecular weight excluding hydrogens is 357 g/mol. The first-order valence-corrected chi connectivity index (χ1v) is 9.59. The minimum atomic E-state index is -0.334. The van der Waals surface area contributed by atoms with E-state index >= 15 is 0 Å². The molecule has 0 saturated carbocycles. The minimum Gasteiger partial charge on any atom is -0.261 e. The van der Waals surface area contributed by atoms with Gasteiger partial charge in [-0.3, -0.25) is 4.98 Å². The van der Waals surface area contributed by atoms with Crippen molar-refractivity contribution in [3.8, 4) is 0 Å². The highest BCUT2D eigenvalue weighted by molar-refractivity contribution is 6.03. The van der Waals surface area contributed by atoms with Gasteiger partial charge in [-0.05, 0) is 50.4 Å². The second kappa shape index (κ2) is 7.33. The summed E-state index contributed by atoms with van der Waals surface area (Å²) in [6.07, 6.45) is 5.18. The smallest absolute Gasteiger partial charge is 0.142 e. The molecule has 5 rings (SSSR count). The summed E-state index contributed by atoms with van der Waals surface area (Å²) in [4.78, 5) is 4.11. The van der Waals surface area contributed by atoms with E-state index in [4.69, 9.17) is 0 Å². The number of nitrogens with zero attached hydrogens (tertiary/aromatic N) is 1. The zero-order chi connectivity index (χ0) is 19.6. The fourth-order valence-corrected chi connectivity index (χ4v) is 3.97. The number of allylic oxidation sites excluding steroid dienone is 1. The SMILES string of the molecule is Fc1cncc(C2=c3ccccc3=CC2=C(c2ccccc2)c2ccccc2)c1. The van der Waals surface area contributed by atoms with Gasteiger partial charge in [0.1, 0.15) is 5.82 Å². The number of hydrogen-bond acceptors (Lipinski definition) is 1. The third-order valence-corrected chi connectivity index (χ3v) is 5.19. The molecule has 0 amide bonds. The first-order chi connectivity index (χ1) is 14.3. The number of benzene rings is 3. The number of pyridine rings is 1. The van der Waals surface area contributed by atoms with Crippen LogP contribution in [0.2, 0.25) is 0 Å². The van der Waals surface area contributed by atoms with Crippen molar-refractivity contribution in [3.05, 3.63) is 142 Å². The summed E-state index contributed by atoms with van der Waals surface area (Å²) in [5.41, 5.74) is 6.25. The molecule has 29 heavy (non-hydrogen) atoms. The Hall–Kier alpha value is -3.78. The number of fused-ring (bicyclic) bond motifs is 1. The molecule has 1 aliphatic rings. The van der Waals surface area contributed by atoms with E-state index in [1.165, 1.54) is 6.20 Å². The van der Waals surface area contributed by atoms with Crippen molar-refractivity contribution in [2.24, 2.45) is 0 Å². The Morgan fingerprint density at radius 3 is 1.97 bits per heavy atom. The molecule has 0 radical (unpaired) electrons. The Morgan fingerprint density at radius 2 is 1.31 bits per heavy atom. The third-order valence-electron chi connectivity index (χ3n) is 5.19. The maximum atomic E-state index is 14.1. The molecule has 0 saturated heterocycles. The Balaban J connectivity index is 1.91. The highest BCUT2D eigenvalue weighted by atomic mass is 19.1. The Bertz CT molecular complexity index is 1290. The van der Waals surface area contributed by atoms with Crippen molar-refractivity contribution in [1.82, 2.24) is 4.98 Å². The summed E-state index contributed by atoms with van der Waals surface area (Å²) in [5, 5.41) is 2.23. The summed E-state index contributed by atoms with van der Waals surface area (Å²) in [5.74, 6) is -0.334. The molecule has 0 unspecified atom stereocenters. The van der Waals surface area contributed by atoms with E-state index in [0.29, 0.717) is 0 Å². The first-order valence-electron chi connectivity index (χ1n) is 9.59. The van der Waals surface area contributed by atoms with Crippen LogP contribution in [0.1, 0.15) is 16.7 Å². The molecule has 3 aromatic carbocycles. The standard InChI is InChI=1S/C27H18FN/c28-23-15-22(17-29-18-23)27-24-14-8-7-13-21(24)16-25(27)26(19-9-3-1-4-10-19)20-11-5-2-6-12-20/h1-18H. The van der Waals surface area contributed by atoms with Gasteiger partial charge in [0.05, 0.1) is 6.20 Å². The molecule has 2 heteroatoms. The topological polar surface area (TPSA) is 12.9 Å². The van der Waals surface area contributed by atoms with E-state index in [-0.39, 0.29) is 5.82 Å². The molecule has 0 fully saturated rings. The van der Waals surface area contributed by atoms with Gasteiger partial charge in [-0.1, -0.05) is 84.9 Å². The lowest BCUT2D eigenvalue weighted by atomic mass is 9.88. The fraction of sp³-hybridized carbons (Fsp3) is 0. The molecule has 1 heterocycles. The molecule has 0 spiro atoms. The Morgan fingerprint density at radius 1 is 0.690 bits per heavy atom. The van der Waals surface area contributed by atoms with E-state index in [0.717, 1.165) is 43.8 Å². The molecule has 0 N–H and O–H groups in total. The van der Waals surface area contributed by atoms with Crippen molar-refractivity contribution >= 4 is 17.2 Å². The van der Waals surface area contributed by atoms with Crippen LogP contribution in [0.4, 0.5) is 4.39 Å². The number of aromatic nitrogens is 1. The van der Waals surface area contributed by atoms with Crippen LogP contribution < -0.4 is 10.4 Å². The zero-order valence-electron chi connectivity index (χ0n) is 15.7. The van der Waals surface area contributed by atoms with E-state index in [9.17, 15) is 4.39 Å². The quantitative estimate of drug-likeness (QED) is 0.505. The first kappa shape index (κ1) is 17.3. The van der Waals surface area contributed by atoms with Crippen molar-refractivity contribution < 1.29 is 4.39 Å². The van der Waals surface area contributed by atoms with E-state index < -0.39 is 0 Å². The van der Waals surface area contributed by atoms with Gasteiger partial charge in [-0.25, -0.2) is 4.39 Å². The van der Waals surface area contributed by atoms with Gasteiger partial charge in [0.15, 0.2) is 0 Å². The van der Waals surface area contributed by atoms with Gasteiger partial charge in [0.2, 0.25) is 0 Å². The lowest BCUT2D eigenvalue weighted by Gasteiger charge is -2.15. The number of rotatable bonds is 3. The molecule has 0 aliphatic heterocycles. The molecule has 1 aliphatic carbocycles. The zero-order valence-corrected chi connectivity index (χ0v) is 15.7. The van der Waals surface area contributed by atoms with Crippen LogP contribution >= 0.6 is 0 Å². The van der Waals surface area contributed by atoms with Gasteiger partial charge in [0.25, 0.3) is 0 Å². The second-order valence-electron chi connectivity index (χ2n) is 7.02. The van der Waals surface area contributed by atoms with Crippen LogP contribution in [0.25, 0.3) is 17.2 Å². The van der Waals surface area contributed by atoms with Gasteiger partial charge < -0.3 is 0 Å². The summed E-state index contributed by atoms with van der Waals surface area (Å²) in [6.45, 7) is 0. The van der Waals surface area contributed by atoms with Gasteiger partial charge in [0, 0.05) is 11.8 Å². The van der Waals surface area contributed by atoms with Crippen molar-refractivity contribution in [1.29, 1.82) is 0 Å². The largest absolute Gasteiger partial charge is 0.261 e. The highest BCUT2D eigenvalue weighted by Crippen LogP contribution is 2.35. The average molecular weight is 375 g/mol. The maximum Gasteiger partial charge on any atom is 0.142 e. The second-order valence-corrected chi connectivity index (χ2v) is 7.02. The number of hydrogen-bond donors (Lipinski definition) is 0. The molecule has 1 nitrogen and oxygen atoms in total. The summed E-state index contributed by atoms with van der Waals surface area (Å²) < 4.78 is 14.1. The Kier molecular flexibility index (Phi) is 4.38. The molecule has 0 atom stereocenters. The van der Waals surface area contributed by atoms with Gasteiger partial charge in [-0.2, -0.15) is 0 Å². The predicted molar refractivity (Wildman–Crippen MR) is 116 cm³/mol. The van der Waals surface area contributed by atoms with Crippen LogP contribution in [0.5, 0.6) is 0 Å². The molecular formula is C27H18FN. The predicted octanol–water partition coefficient (Wildman–Crippen LogP) is 4.72. The lowest BCUT2D eigenvalue weighted by Crippen LogP contribution is -2.22. The van der Waals surface area contributed by atoms with Gasteiger partial charge >= 0.3 is 0 Å². The number of halogens is 1. The minimum absolute atomic E-state index is 0.334. The van der Waals surface area contributed by atoms with E-state index in [1.54, 1.807) is 12.3 Å². The highest BCUT2D eigenvalue weighted by Gasteiger charge is 2.20. The maximum absolute atomic E-state index is 14.1. The van der Waals surface area contributed by atoms with Crippen molar-refractivity contribution in [2.45, 2.75) is 0 Å². The van der Waals surface area contributed by atoms with Gasteiger partial charge in [-0.15, -0.1) is 0 Å². The van der Waals surface area contributed by atoms with Crippen LogP contribution in [0.15, 0.2) is 109 Å².